The highest BCUT2D eigenvalue weighted by atomic mass is 16.1. The van der Waals surface area contributed by atoms with Crippen LogP contribution in [-0.2, 0) is 9.59 Å². The Morgan fingerprint density at radius 1 is 1.33 bits per heavy atom. The maximum atomic E-state index is 10.7. The topological polar surface area (TPSA) is 34.1 Å². The first-order valence-electron chi connectivity index (χ1n) is 4.61. The van der Waals surface area contributed by atoms with Crippen LogP contribution >= 0.6 is 0 Å². The summed E-state index contributed by atoms with van der Waals surface area (Å²) in [6.07, 6.45) is 4.12. The largest absolute Gasteiger partial charge is 0.303 e. The Balaban J connectivity index is 2.65. The highest BCUT2D eigenvalue weighted by molar-refractivity contribution is 5.59. The molecule has 0 bridgehead atoms. The van der Waals surface area contributed by atoms with E-state index in [2.05, 4.69) is 6.92 Å². The SMILES string of the molecule is CC(C=O)C1CC[C@H](C)C1C=O. The van der Waals surface area contributed by atoms with E-state index >= 15 is 0 Å². The van der Waals surface area contributed by atoms with Crippen molar-refractivity contribution < 1.29 is 9.59 Å². The van der Waals surface area contributed by atoms with Gasteiger partial charge in [0.1, 0.15) is 12.6 Å². The average molecular weight is 168 g/mol. The van der Waals surface area contributed by atoms with E-state index in [1.54, 1.807) is 0 Å². The van der Waals surface area contributed by atoms with Crippen molar-refractivity contribution in [1.82, 2.24) is 0 Å². The van der Waals surface area contributed by atoms with Crippen LogP contribution in [0, 0.1) is 23.7 Å². The first-order valence-corrected chi connectivity index (χ1v) is 4.61. The standard InChI is InChI=1S/C10H16O2/c1-7-3-4-9(8(2)5-11)10(7)6-12/h5-10H,3-4H2,1-2H3/t7-,8?,9?,10?/m0/s1. The Labute approximate surface area is 73.3 Å². The summed E-state index contributed by atoms with van der Waals surface area (Å²) in [6, 6.07) is 0. The molecule has 68 valence electrons. The minimum atomic E-state index is 0.0464. The smallest absolute Gasteiger partial charge is 0.123 e. The van der Waals surface area contributed by atoms with Gasteiger partial charge in [-0.1, -0.05) is 13.8 Å². The predicted molar refractivity (Wildman–Crippen MR) is 46.7 cm³/mol. The molecule has 4 atom stereocenters. The summed E-state index contributed by atoms with van der Waals surface area (Å²) in [5.74, 6) is 0.931. The van der Waals surface area contributed by atoms with Crippen LogP contribution in [0.1, 0.15) is 26.7 Å². The van der Waals surface area contributed by atoms with Crippen LogP contribution in [0.15, 0.2) is 0 Å². The number of rotatable bonds is 3. The molecule has 1 aliphatic rings. The van der Waals surface area contributed by atoms with E-state index in [9.17, 15) is 9.59 Å². The molecule has 0 amide bonds. The number of aldehydes is 2. The molecule has 0 heterocycles. The molecule has 0 aromatic heterocycles. The van der Waals surface area contributed by atoms with Gasteiger partial charge in [0.15, 0.2) is 0 Å². The molecule has 0 saturated heterocycles. The summed E-state index contributed by atoms with van der Waals surface area (Å²) in [5.41, 5.74) is 0. The van der Waals surface area contributed by atoms with E-state index in [0.717, 1.165) is 25.4 Å². The molecule has 0 spiro atoms. The molecular weight excluding hydrogens is 152 g/mol. The summed E-state index contributed by atoms with van der Waals surface area (Å²) in [5, 5.41) is 0. The van der Waals surface area contributed by atoms with Crippen molar-refractivity contribution in [2.24, 2.45) is 23.7 Å². The van der Waals surface area contributed by atoms with Crippen LogP contribution in [0.3, 0.4) is 0 Å². The van der Waals surface area contributed by atoms with Gasteiger partial charge in [0.05, 0.1) is 0 Å². The third-order valence-corrected chi connectivity index (χ3v) is 3.15. The Morgan fingerprint density at radius 3 is 2.50 bits per heavy atom. The second-order valence-electron chi connectivity index (χ2n) is 3.93. The molecule has 12 heavy (non-hydrogen) atoms. The van der Waals surface area contributed by atoms with Crippen molar-refractivity contribution in [3.05, 3.63) is 0 Å². The Morgan fingerprint density at radius 2 is 2.00 bits per heavy atom. The quantitative estimate of drug-likeness (QED) is 0.601. The van der Waals surface area contributed by atoms with E-state index in [0.29, 0.717) is 11.8 Å². The minimum Gasteiger partial charge on any atom is -0.303 e. The summed E-state index contributed by atoms with van der Waals surface area (Å²) in [4.78, 5) is 21.3. The monoisotopic (exact) mass is 168 g/mol. The number of carbonyl (C=O) groups is 2. The van der Waals surface area contributed by atoms with Gasteiger partial charge in [-0.15, -0.1) is 0 Å². The number of carbonyl (C=O) groups excluding carboxylic acids is 2. The van der Waals surface area contributed by atoms with Crippen LogP contribution < -0.4 is 0 Å². The fraction of sp³-hybridized carbons (Fsp3) is 0.800. The van der Waals surface area contributed by atoms with Crippen molar-refractivity contribution in [1.29, 1.82) is 0 Å². The molecule has 1 rings (SSSR count). The van der Waals surface area contributed by atoms with Crippen LogP contribution in [0.2, 0.25) is 0 Å². The Kier molecular flexibility index (Phi) is 3.01. The van der Waals surface area contributed by atoms with Crippen molar-refractivity contribution in [2.75, 3.05) is 0 Å². The first kappa shape index (κ1) is 9.43. The van der Waals surface area contributed by atoms with Crippen molar-refractivity contribution in [3.63, 3.8) is 0 Å². The van der Waals surface area contributed by atoms with Gasteiger partial charge in [-0.05, 0) is 24.7 Å². The molecule has 3 unspecified atom stereocenters. The van der Waals surface area contributed by atoms with Crippen molar-refractivity contribution >= 4 is 12.6 Å². The lowest BCUT2D eigenvalue weighted by molar-refractivity contribution is -0.116. The lowest BCUT2D eigenvalue weighted by Gasteiger charge is -2.19. The zero-order valence-corrected chi connectivity index (χ0v) is 7.69. The second kappa shape index (κ2) is 3.83. The van der Waals surface area contributed by atoms with E-state index in [1.807, 2.05) is 6.92 Å². The van der Waals surface area contributed by atoms with Gasteiger partial charge in [-0.2, -0.15) is 0 Å². The maximum Gasteiger partial charge on any atom is 0.123 e. The summed E-state index contributed by atoms with van der Waals surface area (Å²) < 4.78 is 0. The number of hydrogen-bond donors (Lipinski definition) is 0. The normalized spacial score (nSPS) is 37.7. The molecular formula is C10H16O2. The van der Waals surface area contributed by atoms with Crippen LogP contribution in [0.5, 0.6) is 0 Å². The average Bonchev–Trinajstić information content (AvgIpc) is 2.45. The van der Waals surface area contributed by atoms with Crippen molar-refractivity contribution in [3.8, 4) is 0 Å². The lowest BCUT2D eigenvalue weighted by atomic mass is 9.84. The first-order chi connectivity index (χ1) is 5.70. The van der Waals surface area contributed by atoms with Gasteiger partial charge in [-0.3, -0.25) is 0 Å². The molecule has 2 heteroatoms. The van der Waals surface area contributed by atoms with E-state index in [-0.39, 0.29) is 11.8 Å². The van der Waals surface area contributed by atoms with Gasteiger partial charge in [0, 0.05) is 11.8 Å². The molecule has 0 aromatic rings. The van der Waals surface area contributed by atoms with Gasteiger partial charge < -0.3 is 9.59 Å². The minimum absolute atomic E-state index is 0.0464. The van der Waals surface area contributed by atoms with Gasteiger partial charge >= 0.3 is 0 Å². The fourth-order valence-corrected chi connectivity index (χ4v) is 2.21. The molecule has 0 aliphatic heterocycles. The van der Waals surface area contributed by atoms with E-state index < -0.39 is 0 Å². The third kappa shape index (κ3) is 1.57. The Bertz CT molecular complexity index is 177. The molecule has 2 nitrogen and oxygen atoms in total. The fourth-order valence-electron chi connectivity index (χ4n) is 2.21. The summed E-state index contributed by atoms with van der Waals surface area (Å²) in [6.45, 7) is 4.00. The van der Waals surface area contributed by atoms with Crippen molar-refractivity contribution in [2.45, 2.75) is 26.7 Å². The highest BCUT2D eigenvalue weighted by Gasteiger charge is 2.35. The number of hydrogen-bond acceptors (Lipinski definition) is 2. The summed E-state index contributed by atoms with van der Waals surface area (Å²) in [7, 11) is 0. The summed E-state index contributed by atoms with van der Waals surface area (Å²) >= 11 is 0. The molecule has 0 aromatic carbocycles. The highest BCUT2D eigenvalue weighted by Crippen LogP contribution is 2.39. The van der Waals surface area contributed by atoms with Gasteiger partial charge in [0.2, 0.25) is 0 Å². The zero-order chi connectivity index (χ0) is 9.14. The van der Waals surface area contributed by atoms with Gasteiger partial charge in [0.25, 0.3) is 0 Å². The van der Waals surface area contributed by atoms with Crippen LogP contribution in [0.4, 0.5) is 0 Å². The zero-order valence-electron chi connectivity index (χ0n) is 7.69. The Hall–Kier alpha value is -0.660. The predicted octanol–water partition coefficient (Wildman–Crippen LogP) is 1.68. The molecule has 0 radical (unpaired) electrons. The molecule has 1 saturated carbocycles. The maximum absolute atomic E-state index is 10.7. The van der Waals surface area contributed by atoms with E-state index in [1.165, 1.54) is 0 Å². The molecule has 1 aliphatic carbocycles. The van der Waals surface area contributed by atoms with E-state index in [4.69, 9.17) is 0 Å². The molecule has 0 N–H and O–H groups in total. The lowest BCUT2D eigenvalue weighted by Crippen LogP contribution is -2.21. The van der Waals surface area contributed by atoms with Gasteiger partial charge in [-0.25, -0.2) is 0 Å². The second-order valence-corrected chi connectivity index (χ2v) is 3.93. The third-order valence-electron chi connectivity index (χ3n) is 3.15. The molecule has 1 fully saturated rings. The van der Waals surface area contributed by atoms with Crippen LogP contribution in [0.25, 0.3) is 0 Å². The van der Waals surface area contributed by atoms with Crippen LogP contribution in [-0.4, -0.2) is 12.6 Å².